The number of aliphatic hydroxyl groups excluding tert-OH is 1. The van der Waals surface area contributed by atoms with E-state index in [9.17, 15) is 5.11 Å². The van der Waals surface area contributed by atoms with Crippen molar-refractivity contribution in [1.29, 1.82) is 0 Å². The number of rotatable bonds is 5. The lowest BCUT2D eigenvalue weighted by atomic mass is 10.00. The van der Waals surface area contributed by atoms with Gasteiger partial charge in [-0.1, -0.05) is 11.6 Å². The lowest BCUT2D eigenvalue weighted by Crippen LogP contribution is -2.02. The van der Waals surface area contributed by atoms with Crippen LogP contribution in [0.25, 0.3) is 0 Å². The molecule has 18 heavy (non-hydrogen) atoms. The van der Waals surface area contributed by atoms with E-state index >= 15 is 0 Å². The Labute approximate surface area is 112 Å². The average Bonchev–Trinajstić information content (AvgIpc) is 2.89. The Bertz CT molecular complexity index is 491. The molecule has 0 radical (unpaired) electrons. The second-order valence-electron chi connectivity index (χ2n) is 4.43. The van der Waals surface area contributed by atoms with Gasteiger partial charge in [-0.3, -0.25) is 0 Å². The van der Waals surface area contributed by atoms with Crippen LogP contribution in [0.3, 0.4) is 0 Å². The summed E-state index contributed by atoms with van der Waals surface area (Å²) < 4.78 is 5.30. The molecule has 0 amide bonds. The Kier molecular flexibility index (Phi) is 4.39. The molecule has 1 unspecified atom stereocenters. The number of benzene rings is 1. The first-order valence-corrected chi connectivity index (χ1v) is 6.98. The molecule has 0 saturated carbocycles. The topological polar surface area (TPSA) is 29.5 Å². The second-order valence-corrected chi connectivity index (χ2v) is 5.21. The highest BCUT2D eigenvalue weighted by Crippen LogP contribution is 2.29. The molecule has 1 aromatic heterocycles. The van der Waals surface area contributed by atoms with Gasteiger partial charge in [-0.25, -0.2) is 0 Å². The quantitative estimate of drug-likeness (QED) is 0.889. The van der Waals surface area contributed by atoms with Crippen molar-refractivity contribution in [2.24, 2.45) is 0 Å². The molecule has 2 rings (SSSR count). The van der Waals surface area contributed by atoms with E-state index in [0.29, 0.717) is 0 Å². The molecule has 0 bridgehead atoms. The van der Waals surface area contributed by atoms with E-state index in [0.717, 1.165) is 29.7 Å². The largest absolute Gasteiger partial charge is 0.496 e. The van der Waals surface area contributed by atoms with Gasteiger partial charge in [0.25, 0.3) is 0 Å². The minimum absolute atomic E-state index is 0.472. The van der Waals surface area contributed by atoms with Crippen molar-refractivity contribution in [1.82, 2.24) is 0 Å². The summed E-state index contributed by atoms with van der Waals surface area (Å²) in [6, 6.07) is 8.01. The molecule has 1 aromatic carbocycles. The minimum atomic E-state index is -0.472. The first kappa shape index (κ1) is 13.1. The maximum absolute atomic E-state index is 10.3. The summed E-state index contributed by atoms with van der Waals surface area (Å²) in [5, 5.41) is 14.5. The lowest BCUT2D eigenvalue weighted by molar-refractivity contribution is 0.163. The van der Waals surface area contributed by atoms with E-state index < -0.39 is 6.10 Å². The van der Waals surface area contributed by atoms with Gasteiger partial charge in [0.1, 0.15) is 5.75 Å². The van der Waals surface area contributed by atoms with Crippen molar-refractivity contribution >= 4 is 11.3 Å². The minimum Gasteiger partial charge on any atom is -0.496 e. The fourth-order valence-corrected chi connectivity index (χ4v) is 2.71. The SMILES string of the molecule is COc1ccc(C)cc1C(O)CCc1ccsc1. The highest BCUT2D eigenvalue weighted by molar-refractivity contribution is 7.07. The normalized spacial score (nSPS) is 12.4. The number of aryl methyl sites for hydroxylation is 2. The maximum Gasteiger partial charge on any atom is 0.124 e. The van der Waals surface area contributed by atoms with Gasteiger partial charge in [-0.05, 0) is 54.3 Å². The van der Waals surface area contributed by atoms with Gasteiger partial charge in [-0.15, -0.1) is 0 Å². The van der Waals surface area contributed by atoms with Crippen LogP contribution in [0.1, 0.15) is 29.2 Å². The molecule has 1 atom stereocenters. The van der Waals surface area contributed by atoms with Gasteiger partial charge in [0.05, 0.1) is 13.2 Å². The predicted molar refractivity (Wildman–Crippen MR) is 75.3 cm³/mol. The number of hydrogen-bond donors (Lipinski definition) is 1. The number of hydrogen-bond acceptors (Lipinski definition) is 3. The summed E-state index contributed by atoms with van der Waals surface area (Å²) in [6.07, 6.45) is 1.14. The van der Waals surface area contributed by atoms with Crippen LogP contribution in [-0.2, 0) is 6.42 Å². The Hall–Kier alpha value is -1.32. The third kappa shape index (κ3) is 3.12. The van der Waals surface area contributed by atoms with Crippen molar-refractivity contribution in [3.63, 3.8) is 0 Å². The molecular formula is C15H18O2S. The van der Waals surface area contributed by atoms with Crippen molar-refractivity contribution in [3.8, 4) is 5.75 Å². The van der Waals surface area contributed by atoms with Gasteiger partial charge in [0, 0.05) is 5.56 Å². The van der Waals surface area contributed by atoms with Crippen LogP contribution in [-0.4, -0.2) is 12.2 Å². The standard InChI is InChI=1S/C15H18O2S/c1-11-3-6-15(17-2)13(9-11)14(16)5-4-12-7-8-18-10-12/h3,6-10,14,16H,4-5H2,1-2H3. The van der Waals surface area contributed by atoms with Crippen molar-refractivity contribution in [3.05, 3.63) is 51.7 Å². The Morgan fingerprint density at radius 2 is 2.17 bits per heavy atom. The molecule has 1 N–H and O–H groups in total. The summed E-state index contributed by atoms with van der Waals surface area (Å²) in [4.78, 5) is 0. The predicted octanol–water partition coefficient (Wildman–Crippen LogP) is 3.73. The van der Waals surface area contributed by atoms with E-state index in [4.69, 9.17) is 4.74 Å². The molecule has 0 saturated heterocycles. The zero-order valence-corrected chi connectivity index (χ0v) is 11.5. The summed E-state index contributed by atoms with van der Waals surface area (Å²) >= 11 is 1.69. The second kappa shape index (κ2) is 6.03. The van der Waals surface area contributed by atoms with Crippen LogP contribution in [0, 0.1) is 6.92 Å². The zero-order chi connectivity index (χ0) is 13.0. The van der Waals surface area contributed by atoms with E-state index in [-0.39, 0.29) is 0 Å². The summed E-state index contributed by atoms with van der Waals surface area (Å²) in [6.45, 7) is 2.02. The molecule has 0 aliphatic carbocycles. The summed E-state index contributed by atoms with van der Waals surface area (Å²) in [7, 11) is 1.64. The van der Waals surface area contributed by atoms with Gasteiger partial charge in [-0.2, -0.15) is 11.3 Å². The fourth-order valence-electron chi connectivity index (χ4n) is 2.01. The Morgan fingerprint density at radius 3 is 2.83 bits per heavy atom. The van der Waals surface area contributed by atoms with Crippen LogP contribution < -0.4 is 4.74 Å². The van der Waals surface area contributed by atoms with Gasteiger partial charge >= 0.3 is 0 Å². The van der Waals surface area contributed by atoms with Crippen molar-refractivity contribution in [2.75, 3.05) is 7.11 Å². The van der Waals surface area contributed by atoms with Crippen LogP contribution in [0.4, 0.5) is 0 Å². The van der Waals surface area contributed by atoms with Gasteiger partial charge in [0.2, 0.25) is 0 Å². The molecule has 2 nitrogen and oxygen atoms in total. The Balaban J connectivity index is 2.08. The molecule has 2 aromatic rings. The summed E-state index contributed by atoms with van der Waals surface area (Å²) in [5.74, 6) is 0.762. The Morgan fingerprint density at radius 1 is 1.33 bits per heavy atom. The highest BCUT2D eigenvalue weighted by atomic mass is 32.1. The average molecular weight is 262 g/mol. The zero-order valence-electron chi connectivity index (χ0n) is 10.7. The van der Waals surface area contributed by atoms with Crippen molar-refractivity contribution < 1.29 is 9.84 Å². The van der Waals surface area contributed by atoms with Crippen molar-refractivity contribution in [2.45, 2.75) is 25.9 Å². The number of aliphatic hydroxyl groups is 1. The molecule has 0 fully saturated rings. The first-order valence-electron chi connectivity index (χ1n) is 6.04. The molecular weight excluding hydrogens is 244 g/mol. The monoisotopic (exact) mass is 262 g/mol. The van der Waals surface area contributed by atoms with E-state index in [1.807, 2.05) is 25.1 Å². The lowest BCUT2D eigenvalue weighted by Gasteiger charge is -2.15. The van der Waals surface area contributed by atoms with Crippen LogP contribution in [0.15, 0.2) is 35.0 Å². The molecule has 3 heteroatoms. The van der Waals surface area contributed by atoms with Crippen LogP contribution in [0.5, 0.6) is 5.75 Å². The maximum atomic E-state index is 10.3. The molecule has 0 aliphatic heterocycles. The van der Waals surface area contributed by atoms with E-state index in [2.05, 4.69) is 16.8 Å². The fraction of sp³-hybridized carbons (Fsp3) is 0.333. The smallest absolute Gasteiger partial charge is 0.124 e. The van der Waals surface area contributed by atoms with Gasteiger partial charge < -0.3 is 9.84 Å². The van der Waals surface area contributed by atoms with Gasteiger partial charge in [0.15, 0.2) is 0 Å². The van der Waals surface area contributed by atoms with Crippen LogP contribution in [0.2, 0.25) is 0 Å². The third-order valence-electron chi connectivity index (χ3n) is 3.03. The highest BCUT2D eigenvalue weighted by Gasteiger charge is 2.13. The summed E-state index contributed by atoms with van der Waals surface area (Å²) in [5.41, 5.74) is 3.30. The van der Waals surface area contributed by atoms with E-state index in [1.165, 1.54) is 5.56 Å². The molecule has 0 aliphatic rings. The number of methoxy groups -OCH3 is 1. The van der Waals surface area contributed by atoms with Crippen LogP contribution >= 0.6 is 11.3 Å². The number of thiophene rings is 1. The molecule has 1 heterocycles. The molecule has 0 spiro atoms. The van der Waals surface area contributed by atoms with E-state index in [1.54, 1.807) is 18.4 Å². The third-order valence-corrected chi connectivity index (χ3v) is 3.76. The molecule has 96 valence electrons. The number of ether oxygens (including phenoxy) is 1. The first-order chi connectivity index (χ1) is 8.70.